The molecular weight excluding hydrogens is 244 g/mol. The molecule has 0 atom stereocenters. The summed E-state index contributed by atoms with van der Waals surface area (Å²) in [6.07, 6.45) is 7.49. The van der Waals surface area contributed by atoms with Gasteiger partial charge in [-0.05, 0) is 80.0 Å². The summed E-state index contributed by atoms with van der Waals surface area (Å²) in [4.78, 5) is 2.16. The van der Waals surface area contributed by atoms with Crippen molar-refractivity contribution in [2.75, 3.05) is 24.3 Å². The Morgan fingerprint density at radius 3 is 1.90 bits per heavy atom. The maximum absolute atomic E-state index is 3.87. The van der Waals surface area contributed by atoms with Crippen LogP contribution in [0.4, 0.5) is 11.4 Å². The van der Waals surface area contributed by atoms with Crippen LogP contribution >= 0.6 is 0 Å². The monoisotopic (exact) mass is 270 g/mol. The number of nitrogens with zero attached hydrogens (tertiary/aromatic N) is 1. The minimum absolute atomic E-state index is 0.744. The second-order valence-corrected chi connectivity index (χ2v) is 7.54. The fourth-order valence-electron chi connectivity index (χ4n) is 5.21. The minimum Gasteiger partial charge on any atom is -0.382 e. The Kier molecular flexibility index (Phi) is 2.94. The van der Waals surface area contributed by atoms with Crippen LogP contribution in [0, 0.1) is 23.7 Å². The highest BCUT2D eigenvalue weighted by Crippen LogP contribution is 2.54. The van der Waals surface area contributed by atoms with Crippen LogP contribution in [0.5, 0.6) is 0 Å². The Morgan fingerprint density at radius 1 is 0.850 bits per heavy atom. The zero-order valence-corrected chi connectivity index (χ0v) is 12.7. The van der Waals surface area contributed by atoms with E-state index >= 15 is 0 Å². The lowest BCUT2D eigenvalue weighted by Crippen LogP contribution is -2.51. The summed E-state index contributed by atoms with van der Waals surface area (Å²) < 4.78 is 0. The molecule has 4 aliphatic rings. The van der Waals surface area contributed by atoms with Crippen LogP contribution in [0.2, 0.25) is 0 Å². The summed E-state index contributed by atoms with van der Waals surface area (Å²) in [7, 11) is 4.19. The smallest absolute Gasteiger partial charge is 0.0362 e. The van der Waals surface area contributed by atoms with Gasteiger partial charge in [-0.3, -0.25) is 0 Å². The van der Waals surface area contributed by atoms with Crippen LogP contribution < -0.4 is 10.2 Å². The third-order valence-electron chi connectivity index (χ3n) is 5.94. The molecular formula is C18H26N2. The molecule has 0 aliphatic heterocycles. The maximum atomic E-state index is 3.87. The number of hydrogen-bond donors (Lipinski definition) is 1. The molecule has 2 heteroatoms. The summed E-state index contributed by atoms with van der Waals surface area (Å²) in [5, 5.41) is 3.87. The molecule has 4 saturated carbocycles. The van der Waals surface area contributed by atoms with E-state index in [9.17, 15) is 0 Å². The second-order valence-electron chi connectivity index (χ2n) is 7.54. The van der Waals surface area contributed by atoms with Crippen molar-refractivity contribution < 1.29 is 0 Å². The highest BCUT2D eigenvalue weighted by molar-refractivity contribution is 5.55. The Balaban J connectivity index is 1.49. The summed E-state index contributed by atoms with van der Waals surface area (Å²) in [5.41, 5.74) is 2.59. The summed E-state index contributed by atoms with van der Waals surface area (Å²) >= 11 is 0. The molecule has 0 unspecified atom stereocenters. The number of nitrogens with one attached hydrogen (secondary N) is 1. The Morgan fingerprint density at radius 2 is 1.40 bits per heavy atom. The average Bonchev–Trinajstić information content (AvgIpc) is 2.42. The van der Waals surface area contributed by atoms with Crippen molar-refractivity contribution in [1.82, 2.24) is 0 Å². The molecule has 2 nitrogen and oxygen atoms in total. The first-order chi connectivity index (χ1) is 9.69. The fourth-order valence-corrected chi connectivity index (χ4v) is 5.21. The summed E-state index contributed by atoms with van der Waals surface area (Å²) in [6.45, 7) is 0. The van der Waals surface area contributed by atoms with Crippen LogP contribution in [-0.4, -0.2) is 20.1 Å². The standard InChI is InChI=1S/C18H26N2/c1-20(2)17-5-3-16(4-6-17)19-18-14-8-12-7-13(10-14)11-15(18)9-12/h3-6,12-15,18-19H,7-11H2,1-2H3. The largest absolute Gasteiger partial charge is 0.382 e. The van der Waals surface area contributed by atoms with Crippen molar-refractivity contribution in [2.45, 2.75) is 38.1 Å². The molecule has 0 spiro atoms. The maximum Gasteiger partial charge on any atom is 0.0362 e. The molecule has 4 bridgehead atoms. The van der Waals surface area contributed by atoms with Crippen molar-refractivity contribution in [2.24, 2.45) is 23.7 Å². The van der Waals surface area contributed by atoms with Gasteiger partial charge >= 0.3 is 0 Å². The van der Waals surface area contributed by atoms with Gasteiger partial charge in [0.1, 0.15) is 0 Å². The van der Waals surface area contributed by atoms with E-state index in [2.05, 4.69) is 48.6 Å². The number of hydrogen-bond acceptors (Lipinski definition) is 2. The molecule has 1 aromatic rings. The van der Waals surface area contributed by atoms with E-state index in [4.69, 9.17) is 0 Å². The quantitative estimate of drug-likeness (QED) is 0.893. The fraction of sp³-hybridized carbons (Fsp3) is 0.667. The van der Waals surface area contributed by atoms with Gasteiger partial charge in [-0.2, -0.15) is 0 Å². The first-order valence-electron chi connectivity index (χ1n) is 8.23. The van der Waals surface area contributed by atoms with Crippen LogP contribution in [0.25, 0.3) is 0 Å². The van der Waals surface area contributed by atoms with Crippen molar-refractivity contribution in [3.05, 3.63) is 24.3 Å². The SMILES string of the molecule is CN(C)c1ccc(NC2C3CC4CC(C3)CC2C4)cc1. The van der Waals surface area contributed by atoms with Crippen molar-refractivity contribution in [1.29, 1.82) is 0 Å². The molecule has 0 heterocycles. The molecule has 4 aliphatic carbocycles. The summed E-state index contributed by atoms with van der Waals surface area (Å²) in [5.74, 6) is 4.01. The molecule has 5 rings (SSSR count). The Hall–Kier alpha value is -1.18. The minimum atomic E-state index is 0.744. The molecule has 0 saturated heterocycles. The van der Waals surface area contributed by atoms with Gasteiger partial charge in [0.2, 0.25) is 0 Å². The van der Waals surface area contributed by atoms with E-state index < -0.39 is 0 Å². The number of anilines is 2. The second kappa shape index (κ2) is 4.68. The molecule has 1 aromatic carbocycles. The van der Waals surface area contributed by atoms with Crippen molar-refractivity contribution >= 4 is 11.4 Å². The van der Waals surface area contributed by atoms with Gasteiger partial charge in [-0.25, -0.2) is 0 Å². The van der Waals surface area contributed by atoms with Gasteiger partial charge in [0.05, 0.1) is 0 Å². The lowest BCUT2D eigenvalue weighted by atomic mass is 9.54. The van der Waals surface area contributed by atoms with Gasteiger partial charge in [-0.15, -0.1) is 0 Å². The molecule has 0 amide bonds. The molecule has 0 aromatic heterocycles. The van der Waals surface area contributed by atoms with E-state index in [0.717, 1.165) is 29.7 Å². The van der Waals surface area contributed by atoms with Crippen LogP contribution in [0.15, 0.2) is 24.3 Å². The average molecular weight is 270 g/mol. The highest BCUT2D eigenvalue weighted by atomic mass is 15.1. The van der Waals surface area contributed by atoms with Crippen molar-refractivity contribution in [3.8, 4) is 0 Å². The van der Waals surface area contributed by atoms with E-state index in [-0.39, 0.29) is 0 Å². The van der Waals surface area contributed by atoms with Crippen LogP contribution in [0.1, 0.15) is 32.1 Å². The van der Waals surface area contributed by atoms with E-state index in [1.807, 2.05) is 0 Å². The third kappa shape index (κ3) is 2.10. The van der Waals surface area contributed by atoms with Gasteiger partial charge < -0.3 is 10.2 Å². The third-order valence-corrected chi connectivity index (χ3v) is 5.94. The first-order valence-corrected chi connectivity index (χ1v) is 8.23. The highest BCUT2D eigenvalue weighted by Gasteiger charge is 2.48. The topological polar surface area (TPSA) is 15.3 Å². The molecule has 20 heavy (non-hydrogen) atoms. The first kappa shape index (κ1) is 12.6. The molecule has 0 radical (unpaired) electrons. The Bertz CT molecular complexity index is 449. The van der Waals surface area contributed by atoms with E-state index in [0.29, 0.717) is 0 Å². The lowest BCUT2D eigenvalue weighted by Gasteiger charge is -2.54. The number of rotatable bonds is 3. The summed E-state index contributed by atoms with van der Waals surface area (Å²) in [6, 6.07) is 9.69. The zero-order valence-electron chi connectivity index (χ0n) is 12.7. The van der Waals surface area contributed by atoms with Gasteiger partial charge in [-0.1, -0.05) is 0 Å². The predicted octanol–water partition coefficient (Wildman–Crippen LogP) is 3.99. The van der Waals surface area contributed by atoms with Gasteiger partial charge in [0, 0.05) is 31.5 Å². The molecule has 4 fully saturated rings. The number of benzene rings is 1. The van der Waals surface area contributed by atoms with Crippen LogP contribution in [-0.2, 0) is 0 Å². The van der Waals surface area contributed by atoms with Crippen LogP contribution in [0.3, 0.4) is 0 Å². The van der Waals surface area contributed by atoms with Gasteiger partial charge in [0.15, 0.2) is 0 Å². The molecule has 1 N–H and O–H groups in total. The zero-order chi connectivity index (χ0) is 13.7. The molecule has 108 valence electrons. The Labute approximate surface area is 122 Å². The van der Waals surface area contributed by atoms with E-state index in [1.54, 1.807) is 0 Å². The lowest BCUT2D eigenvalue weighted by molar-refractivity contribution is 0.00754. The van der Waals surface area contributed by atoms with Gasteiger partial charge in [0.25, 0.3) is 0 Å². The normalized spacial score (nSPS) is 38.0. The van der Waals surface area contributed by atoms with E-state index in [1.165, 1.54) is 43.5 Å². The van der Waals surface area contributed by atoms with Crippen molar-refractivity contribution in [3.63, 3.8) is 0 Å². The predicted molar refractivity (Wildman–Crippen MR) is 85.2 cm³/mol.